The molecule has 0 saturated carbocycles. The van der Waals surface area contributed by atoms with Crippen molar-refractivity contribution in [2.45, 2.75) is 46.1 Å². The molecule has 0 spiro atoms. The topological polar surface area (TPSA) is 42.4 Å². The second-order valence-electron chi connectivity index (χ2n) is 4.44. The third-order valence-corrected chi connectivity index (χ3v) is 2.50. The zero-order valence-electron chi connectivity index (χ0n) is 10.5. The van der Waals surface area contributed by atoms with E-state index in [1.807, 2.05) is 19.9 Å². The Kier molecular flexibility index (Phi) is 4.74. The van der Waals surface area contributed by atoms with Gasteiger partial charge in [0.1, 0.15) is 0 Å². The molecule has 16 heavy (non-hydrogen) atoms. The van der Waals surface area contributed by atoms with Gasteiger partial charge in [0, 0.05) is 24.3 Å². The number of pyridine rings is 1. The standard InChI is InChI=1S/C13H21NO2/c1-9(2)12-6-5-10(3)14-13(12)16-11(4)7-8-15/h5-6,9,11,15H,7-8H2,1-4H3. The van der Waals surface area contributed by atoms with Crippen LogP contribution in [0.1, 0.15) is 44.4 Å². The normalized spacial score (nSPS) is 12.9. The number of hydrogen-bond donors (Lipinski definition) is 1. The van der Waals surface area contributed by atoms with Crippen LogP contribution >= 0.6 is 0 Å². The van der Waals surface area contributed by atoms with Gasteiger partial charge < -0.3 is 9.84 Å². The summed E-state index contributed by atoms with van der Waals surface area (Å²) < 4.78 is 5.76. The van der Waals surface area contributed by atoms with Crippen LogP contribution in [0.5, 0.6) is 5.88 Å². The predicted octanol–water partition coefficient (Wildman–Crippen LogP) is 2.66. The summed E-state index contributed by atoms with van der Waals surface area (Å²) in [6.07, 6.45) is 0.629. The highest BCUT2D eigenvalue weighted by Gasteiger charge is 2.12. The number of nitrogens with zero attached hydrogens (tertiary/aromatic N) is 1. The SMILES string of the molecule is Cc1ccc(C(C)C)c(OC(C)CCO)n1. The van der Waals surface area contributed by atoms with E-state index in [1.165, 1.54) is 0 Å². The largest absolute Gasteiger partial charge is 0.474 e. The molecule has 0 amide bonds. The van der Waals surface area contributed by atoms with E-state index in [-0.39, 0.29) is 12.7 Å². The molecule has 0 bridgehead atoms. The molecule has 1 atom stereocenters. The lowest BCUT2D eigenvalue weighted by Gasteiger charge is -2.17. The van der Waals surface area contributed by atoms with Crippen LogP contribution in [0.15, 0.2) is 12.1 Å². The second-order valence-corrected chi connectivity index (χ2v) is 4.44. The van der Waals surface area contributed by atoms with Gasteiger partial charge in [-0.2, -0.15) is 0 Å². The van der Waals surface area contributed by atoms with Crippen LogP contribution in [0.25, 0.3) is 0 Å². The van der Waals surface area contributed by atoms with Gasteiger partial charge in [-0.25, -0.2) is 4.98 Å². The molecule has 1 unspecified atom stereocenters. The van der Waals surface area contributed by atoms with Crippen molar-refractivity contribution in [2.24, 2.45) is 0 Å². The van der Waals surface area contributed by atoms with Crippen molar-refractivity contribution in [1.82, 2.24) is 4.98 Å². The first-order valence-electron chi connectivity index (χ1n) is 5.79. The first-order chi connectivity index (χ1) is 7.54. The van der Waals surface area contributed by atoms with E-state index in [0.717, 1.165) is 11.3 Å². The molecule has 1 heterocycles. The quantitative estimate of drug-likeness (QED) is 0.834. The number of aryl methyl sites for hydroxylation is 1. The van der Waals surface area contributed by atoms with Gasteiger partial charge in [-0.05, 0) is 25.8 Å². The fourth-order valence-corrected chi connectivity index (χ4v) is 1.51. The van der Waals surface area contributed by atoms with Gasteiger partial charge in [-0.15, -0.1) is 0 Å². The lowest BCUT2D eigenvalue weighted by atomic mass is 10.0. The molecule has 90 valence electrons. The predicted molar refractivity (Wildman–Crippen MR) is 64.9 cm³/mol. The molecule has 3 heteroatoms. The van der Waals surface area contributed by atoms with Crippen LogP contribution in [-0.4, -0.2) is 22.8 Å². The van der Waals surface area contributed by atoms with E-state index in [4.69, 9.17) is 9.84 Å². The summed E-state index contributed by atoms with van der Waals surface area (Å²) >= 11 is 0. The molecule has 1 aromatic rings. The molecule has 1 aromatic heterocycles. The zero-order valence-corrected chi connectivity index (χ0v) is 10.5. The molecule has 1 rings (SSSR count). The molecule has 0 aromatic carbocycles. The zero-order chi connectivity index (χ0) is 12.1. The van der Waals surface area contributed by atoms with Crippen LogP contribution in [0.3, 0.4) is 0 Å². The Labute approximate surface area is 97.5 Å². The van der Waals surface area contributed by atoms with E-state index in [0.29, 0.717) is 18.2 Å². The summed E-state index contributed by atoms with van der Waals surface area (Å²) in [5.41, 5.74) is 2.07. The Morgan fingerprint density at radius 1 is 1.31 bits per heavy atom. The average Bonchev–Trinajstić information content (AvgIpc) is 2.17. The van der Waals surface area contributed by atoms with Gasteiger partial charge in [-0.3, -0.25) is 0 Å². The van der Waals surface area contributed by atoms with Crippen LogP contribution in [-0.2, 0) is 0 Å². The third-order valence-electron chi connectivity index (χ3n) is 2.50. The monoisotopic (exact) mass is 223 g/mol. The first-order valence-corrected chi connectivity index (χ1v) is 5.79. The number of ether oxygens (including phenoxy) is 1. The van der Waals surface area contributed by atoms with Gasteiger partial charge >= 0.3 is 0 Å². The number of rotatable bonds is 5. The van der Waals surface area contributed by atoms with Gasteiger partial charge in [-0.1, -0.05) is 19.9 Å². The second kappa shape index (κ2) is 5.85. The molecule has 0 saturated heterocycles. The van der Waals surface area contributed by atoms with Crippen molar-refractivity contribution >= 4 is 0 Å². The molecule has 0 aliphatic heterocycles. The minimum Gasteiger partial charge on any atom is -0.474 e. The maximum Gasteiger partial charge on any atom is 0.217 e. The number of aliphatic hydroxyl groups excluding tert-OH is 1. The molecule has 0 fully saturated rings. The summed E-state index contributed by atoms with van der Waals surface area (Å²) in [6.45, 7) is 8.29. The average molecular weight is 223 g/mol. The minimum atomic E-state index is -0.00296. The van der Waals surface area contributed by atoms with E-state index >= 15 is 0 Å². The maximum atomic E-state index is 8.85. The number of aromatic nitrogens is 1. The van der Waals surface area contributed by atoms with Gasteiger partial charge in [0.05, 0.1) is 6.10 Å². The molecule has 0 aliphatic rings. The van der Waals surface area contributed by atoms with E-state index in [2.05, 4.69) is 24.9 Å². The Morgan fingerprint density at radius 2 is 2.00 bits per heavy atom. The van der Waals surface area contributed by atoms with Crippen molar-refractivity contribution < 1.29 is 9.84 Å². The van der Waals surface area contributed by atoms with E-state index < -0.39 is 0 Å². The third kappa shape index (κ3) is 3.49. The number of aliphatic hydroxyl groups is 1. The summed E-state index contributed by atoms with van der Waals surface area (Å²) in [6, 6.07) is 4.06. The fourth-order valence-electron chi connectivity index (χ4n) is 1.51. The highest BCUT2D eigenvalue weighted by Crippen LogP contribution is 2.25. The molecule has 0 aliphatic carbocycles. The molecule has 1 N–H and O–H groups in total. The molecular weight excluding hydrogens is 202 g/mol. The van der Waals surface area contributed by atoms with Crippen molar-refractivity contribution in [3.05, 3.63) is 23.4 Å². The summed E-state index contributed by atoms with van der Waals surface area (Å²) in [7, 11) is 0. The van der Waals surface area contributed by atoms with E-state index in [9.17, 15) is 0 Å². The van der Waals surface area contributed by atoms with Crippen molar-refractivity contribution in [2.75, 3.05) is 6.61 Å². The highest BCUT2D eigenvalue weighted by molar-refractivity contribution is 5.30. The molecule has 3 nitrogen and oxygen atoms in total. The summed E-state index contributed by atoms with van der Waals surface area (Å²) in [4.78, 5) is 4.41. The van der Waals surface area contributed by atoms with Crippen molar-refractivity contribution in [3.63, 3.8) is 0 Å². The van der Waals surface area contributed by atoms with Crippen LogP contribution in [0.4, 0.5) is 0 Å². The van der Waals surface area contributed by atoms with Crippen LogP contribution < -0.4 is 4.74 Å². The summed E-state index contributed by atoms with van der Waals surface area (Å²) in [5.74, 6) is 1.10. The van der Waals surface area contributed by atoms with Crippen LogP contribution in [0, 0.1) is 6.92 Å². The Balaban J connectivity index is 2.87. The Bertz CT molecular complexity index is 337. The van der Waals surface area contributed by atoms with E-state index in [1.54, 1.807) is 0 Å². The molecular formula is C13H21NO2. The maximum absolute atomic E-state index is 8.85. The van der Waals surface area contributed by atoms with Crippen molar-refractivity contribution in [1.29, 1.82) is 0 Å². The highest BCUT2D eigenvalue weighted by atomic mass is 16.5. The Morgan fingerprint density at radius 3 is 2.56 bits per heavy atom. The first kappa shape index (κ1) is 13.0. The van der Waals surface area contributed by atoms with Gasteiger partial charge in [0.15, 0.2) is 0 Å². The minimum absolute atomic E-state index is 0.00296. The smallest absolute Gasteiger partial charge is 0.217 e. The lowest BCUT2D eigenvalue weighted by molar-refractivity contribution is 0.161. The summed E-state index contributed by atoms with van der Waals surface area (Å²) in [5, 5.41) is 8.85. The van der Waals surface area contributed by atoms with Crippen molar-refractivity contribution in [3.8, 4) is 5.88 Å². The Hall–Kier alpha value is -1.09. The fraction of sp³-hybridized carbons (Fsp3) is 0.615. The lowest BCUT2D eigenvalue weighted by Crippen LogP contribution is -2.15. The molecule has 0 radical (unpaired) electrons. The van der Waals surface area contributed by atoms with Gasteiger partial charge in [0.2, 0.25) is 5.88 Å². The van der Waals surface area contributed by atoms with Crippen LogP contribution in [0.2, 0.25) is 0 Å². The van der Waals surface area contributed by atoms with Gasteiger partial charge in [0.25, 0.3) is 0 Å². The number of hydrogen-bond acceptors (Lipinski definition) is 3.